The number of nitrogens with zero attached hydrogens (tertiary/aromatic N) is 3. The number of likely N-dealkylation sites (tertiary alicyclic amines) is 1. The largest absolute Gasteiger partial charge is 0.339 e. The third-order valence-electron chi connectivity index (χ3n) is 5.47. The lowest BCUT2D eigenvalue weighted by Gasteiger charge is -2.19. The first-order chi connectivity index (χ1) is 15.1. The standard InChI is InChI=1S/C24H27N5O2/c1-18-8-7-11-21(23(30)28-15-5-6-16-28)22(18)26-24(31)25-14-12-19-13-17-29(27-19)20-9-3-2-4-10-20/h2-4,7-11,13,17H,5-6,12,14-16H2,1H3,(H2,25,26,31). The minimum Gasteiger partial charge on any atom is -0.339 e. The Balaban J connectivity index is 1.34. The summed E-state index contributed by atoms with van der Waals surface area (Å²) < 4.78 is 1.82. The van der Waals surface area contributed by atoms with Gasteiger partial charge in [-0.2, -0.15) is 5.10 Å². The number of aromatic nitrogens is 2. The number of carbonyl (C=O) groups excluding carboxylic acids is 2. The summed E-state index contributed by atoms with van der Waals surface area (Å²) in [4.78, 5) is 27.2. The van der Waals surface area contributed by atoms with Crippen molar-refractivity contribution in [2.75, 3.05) is 25.0 Å². The summed E-state index contributed by atoms with van der Waals surface area (Å²) in [6, 6.07) is 17.0. The Morgan fingerprint density at radius 3 is 2.55 bits per heavy atom. The third-order valence-corrected chi connectivity index (χ3v) is 5.47. The molecule has 2 aromatic carbocycles. The van der Waals surface area contributed by atoms with E-state index in [-0.39, 0.29) is 11.9 Å². The quantitative estimate of drug-likeness (QED) is 0.641. The zero-order chi connectivity index (χ0) is 21.6. The maximum atomic E-state index is 12.9. The molecule has 1 aliphatic heterocycles. The first kappa shape index (κ1) is 20.7. The average Bonchev–Trinajstić information content (AvgIpc) is 3.48. The Labute approximate surface area is 182 Å². The molecule has 2 heterocycles. The highest BCUT2D eigenvalue weighted by Gasteiger charge is 2.23. The first-order valence-electron chi connectivity index (χ1n) is 10.7. The van der Waals surface area contributed by atoms with Gasteiger partial charge in [-0.25, -0.2) is 9.48 Å². The second kappa shape index (κ2) is 9.47. The van der Waals surface area contributed by atoms with E-state index < -0.39 is 0 Å². The summed E-state index contributed by atoms with van der Waals surface area (Å²) >= 11 is 0. The molecule has 0 aliphatic carbocycles. The molecule has 3 aromatic rings. The van der Waals surface area contributed by atoms with Crippen molar-refractivity contribution in [2.45, 2.75) is 26.2 Å². The maximum Gasteiger partial charge on any atom is 0.319 e. The molecule has 0 saturated carbocycles. The van der Waals surface area contributed by atoms with E-state index in [1.54, 1.807) is 6.07 Å². The van der Waals surface area contributed by atoms with Crippen molar-refractivity contribution < 1.29 is 9.59 Å². The molecule has 7 heteroatoms. The number of carbonyl (C=O) groups is 2. The van der Waals surface area contributed by atoms with Gasteiger partial charge in [-0.05, 0) is 49.6 Å². The number of para-hydroxylation sites is 2. The van der Waals surface area contributed by atoms with Gasteiger partial charge in [-0.15, -0.1) is 0 Å². The van der Waals surface area contributed by atoms with Crippen molar-refractivity contribution in [1.82, 2.24) is 20.0 Å². The minimum absolute atomic E-state index is 0.0250. The zero-order valence-corrected chi connectivity index (χ0v) is 17.7. The van der Waals surface area contributed by atoms with E-state index >= 15 is 0 Å². The Hall–Kier alpha value is -3.61. The van der Waals surface area contributed by atoms with Crippen molar-refractivity contribution in [3.63, 3.8) is 0 Å². The van der Waals surface area contributed by atoms with Crippen molar-refractivity contribution in [2.24, 2.45) is 0 Å². The zero-order valence-electron chi connectivity index (χ0n) is 17.7. The normalized spacial score (nSPS) is 13.3. The molecule has 0 radical (unpaired) electrons. The van der Waals surface area contributed by atoms with E-state index in [0.29, 0.717) is 24.2 Å². The number of nitrogens with one attached hydrogen (secondary N) is 2. The topological polar surface area (TPSA) is 79.3 Å². The second-order valence-corrected chi connectivity index (χ2v) is 7.71. The van der Waals surface area contributed by atoms with Crippen LogP contribution in [0.1, 0.15) is 34.5 Å². The molecule has 0 spiro atoms. The highest BCUT2D eigenvalue weighted by atomic mass is 16.2. The third kappa shape index (κ3) is 4.94. The van der Waals surface area contributed by atoms with Gasteiger partial charge in [0, 0.05) is 32.3 Å². The lowest BCUT2D eigenvalue weighted by atomic mass is 10.1. The minimum atomic E-state index is -0.327. The number of anilines is 1. The molecule has 7 nitrogen and oxygen atoms in total. The smallest absolute Gasteiger partial charge is 0.319 e. The molecular formula is C24H27N5O2. The average molecular weight is 418 g/mol. The molecule has 1 saturated heterocycles. The Bertz CT molecular complexity index is 1050. The van der Waals surface area contributed by atoms with Crippen molar-refractivity contribution in [1.29, 1.82) is 0 Å². The lowest BCUT2D eigenvalue weighted by molar-refractivity contribution is 0.0793. The molecule has 31 heavy (non-hydrogen) atoms. The molecule has 160 valence electrons. The van der Waals surface area contributed by atoms with Crippen LogP contribution in [-0.2, 0) is 6.42 Å². The van der Waals surface area contributed by atoms with Crippen LogP contribution in [0.5, 0.6) is 0 Å². The van der Waals surface area contributed by atoms with Crippen LogP contribution in [0.4, 0.5) is 10.5 Å². The predicted molar refractivity (Wildman–Crippen MR) is 121 cm³/mol. The van der Waals surface area contributed by atoms with Crippen molar-refractivity contribution in [3.8, 4) is 5.69 Å². The van der Waals surface area contributed by atoms with Crippen LogP contribution in [-0.4, -0.2) is 46.3 Å². The van der Waals surface area contributed by atoms with Crippen LogP contribution in [0, 0.1) is 6.92 Å². The number of aryl methyl sites for hydroxylation is 1. The Kier molecular flexibility index (Phi) is 6.31. The van der Waals surface area contributed by atoms with Gasteiger partial charge in [0.1, 0.15) is 0 Å². The summed E-state index contributed by atoms with van der Waals surface area (Å²) in [5.41, 5.74) is 3.87. The summed E-state index contributed by atoms with van der Waals surface area (Å²) in [5, 5.41) is 10.3. The van der Waals surface area contributed by atoms with Gasteiger partial charge >= 0.3 is 6.03 Å². The maximum absolute atomic E-state index is 12.9. The summed E-state index contributed by atoms with van der Waals surface area (Å²) in [6.07, 6.45) is 4.58. The highest BCUT2D eigenvalue weighted by Crippen LogP contribution is 2.24. The van der Waals surface area contributed by atoms with Gasteiger partial charge in [-0.3, -0.25) is 4.79 Å². The van der Waals surface area contributed by atoms with Crippen LogP contribution in [0.15, 0.2) is 60.8 Å². The SMILES string of the molecule is Cc1cccc(C(=O)N2CCCC2)c1NC(=O)NCCc1ccn(-c2ccccc2)n1. The fourth-order valence-electron chi connectivity index (χ4n) is 3.78. The fourth-order valence-corrected chi connectivity index (χ4v) is 3.78. The molecule has 0 atom stereocenters. The molecule has 3 amide bonds. The Morgan fingerprint density at radius 2 is 1.77 bits per heavy atom. The number of benzene rings is 2. The van der Waals surface area contributed by atoms with Crippen LogP contribution in [0.3, 0.4) is 0 Å². The molecule has 2 N–H and O–H groups in total. The van der Waals surface area contributed by atoms with E-state index in [4.69, 9.17) is 0 Å². The van der Waals surface area contributed by atoms with Gasteiger partial charge in [0.05, 0.1) is 22.6 Å². The molecule has 1 fully saturated rings. The highest BCUT2D eigenvalue weighted by molar-refractivity contribution is 6.04. The molecule has 0 bridgehead atoms. The van der Waals surface area contributed by atoms with Crippen molar-refractivity contribution >= 4 is 17.6 Å². The van der Waals surface area contributed by atoms with E-state index in [1.807, 2.05) is 71.2 Å². The van der Waals surface area contributed by atoms with Crippen LogP contribution in [0.25, 0.3) is 5.69 Å². The van der Waals surface area contributed by atoms with E-state index in [9.17, 15) is 9.59 Å². The molecule has 0 unspecified atom stereocenters. The Morgan fingerprint density at radius 1 is 1.00 bits per heavy atom. The number of rotatable bonds is 6. The first-order valence-corrected chi connectivity index (χ1v) is 10.7. The van der Waals surface area contributed by atoms with E-state index in [2.05, 4.69) is 15.7 Å². The van der Waals surface area contributed by atoms with E-state index in [1.165, 1.54) is 0 Å². The number of hydrogen-bond donors (Lipinski definition) is 2. The molecule has 1 aromatic heterocycles. The number of hydrogen-bond acceptors (Lipinski definition) is 3. The van der Waals surface area contributed by atoms with Crippen LogP contribution in [0.2, 0.25) is 0 Å². The number of urea groups is 1. The summed E-state index contributed by atoms with van der Waals surface area (Å²) in [7, 11) is 0. The van der Waals surface area contributed by atoms with Crippen LogP contribution >= 0.6 is 0 Å². The second-order valence-electron chi connectivity index (χ2n) is 7.71. The molecule has 4 rings (SSSR count). The van der Waals surface area contributed by atoms with Gasteiger partial charge in [0.15, 0.2) is 0 Å². The summed E-state index contributed by atoms with van der Waals surface area (Å²) in [6.45, 7) is 3.88. The molecule has 1 aliphatic rings. The van der Waals surface area contributed by atoms with Crippen LogP contribution < -0.4 is 10.6 Å². The molecular weight excluding hydrogens is 390 g/mol. The van der Waals surface area contributed by atoms with Gasteiger partial charge in [-0.1, -0.05) is 30.3 Å². The van der Waals surface area contributed by atoms with Gasteiger partial charge < -0.3 is 15.5 Å². The lowest BCUT2D eigenvalue weighted by Crippen LogP contribution is -2.33. The van der Waals surface area contributed by atoms with Crippen molar-refractivity contribution in [3.05, 3.63) is 77.6 Å². The number of amides is 3. The monoisotopic (exact) mass is 417 g/mol. The fraction of sp³-hybridized carbons (Fsp3) is 0.292. The predicted octanol–water partition coefficient (Wildman–Crippen LogP) is 3.78. The van der Waals surface area contributed by atoms with Gasteiger partial charge in [0.2, 0.25) is 0 Å². The summed E-state index contributed by atoms with van der Waals surface area (Å²) in [5.74, 6) is -0.0250. The van der Waals surface area contributed by atoms with E-state index in [0.717, 1.165) is 42.9 Å². The van der Waals surface area contributed by atoms with Gasteiger partial charge in [0.25, 0.3) is 5.91 Å².